The van der Waals surface area contributed by atoms with Crippen LogP contribution in [0.1, 0.15) is 12.0 Å². The monoisotopic (exact) mass is 525 g/mol. The van der Waals surface area contributed by atoms with Crippen LogP contribution in [-0.4, -0.2) is 142 Å². The Morgan fingerprint density at radius 3 is 2.50 bits per heavy atom. The Bertz CT molecular complexity index is 1030. The lowest BCUT2D eigenvalue weighted by molar-refractivity contribution is -0.138. The van der Waals surface area contributed by atoms with Gasteiger partial charge < -0.3 is 24.5 Å². The number of piperazine rings is 1. The number of amides is 2. The lowest BCUT2D eigenvalue weighted by Gasteiger charge is -2.33. The van der Waals surface area contributed by atoms with Crippen molar-refractivity contribution >= 4 is 21.8 Å². The number of likely N-dealkylation sites (tertiary alicyclic amines) is 1. The SMILES string of the molecule is Cc1cc(O)ccc1S(=O)(=O)N(C)CCOCC(=O)N(C)[C@@H]1CCN(C(=O)CN2CCN(C)CC2)C1. The van der Waals surface area contributed by atoms with E-state index in [9.17, 15) is 23.1 Å². The fourth-order valence-corrected chi connectivity index (χ4v) is 5.81. The van der Waals surface area contributed by atoms with E-state index in [1.54, 1.807) is 18.9 Å². The van der Waals surface area contributed by atoms with Crippen LogP contribution in [-0.2, 0) is 24.3 Å². The smallest absolute Gasteiger partial charge is 0.248 e. The standard InChI is InChI=1S/C24H39N5O6S/c1-19-15-21(30)5-6-22(19)36(33,34)26(3)13-14-35-18-24(32)27(4)20-7-8-29(16-20)23(31)17-28-11-9-25(2)10-12-28/h5-6,15,20,30H,7-14,16-18H2,1-4H3/t20-/m1/s1. The quantitative estimate of drug-likeness (QED) is 0.412. The van der Waals surface area contributed by atoms with E-state index in [1.165, 1.54) is 29.6 Å². The van der Waals surface area contributed by atoms with Crippen LogP contribution in [0.25, 0.3) is 0 Å². The molecule has 0 spiro atoms. The molecule has 2 amide bonds. The van der Waals surface area contributed by atoms with Crippen molar-refractivity contribution in [1.29, 1.82) is 0 Å². The van der Waals surface area contributed by atoms with Gasteiger partial charge in [0.15, 0.2) is 0 Å². The van der Waals surface area contributed by atoms with Crippen molar-refractivity contribution in [1.82, 2.24) is 23.9 Å². The van der Waals surface area contributed by atoms with Crippen molar-refractivity contribution in [2.45, 2.75) is 24.3 Å². The number of phenols is 1. The topological polar surface area (TPSA) is 114 Å². The summed E-state index contributed by atoms with van der Waals surface area (Å²) in [7, 11) is 1.51. The first-order chi connectivity index (χ1) is 17.0. The highest BCUT2D eigenvalue weighted by Gasteiger charge is 2.32. The zero-order valence-electron chi connectivity index (χ0n) is 21.7. The molecule has 11 nitrogen and oxygen atoms in total. The van der Waals surface area contributed by atoms with E-state index in [0.717, 1.165) is 32.6 Å². The average Bonchev–Trinajstić information content (AvgIpc) is 3.32. The van der Waals surface area contributed by atoms with Gasteiger partial charge in [-0.2, -0.15) is 4.31 Å². The number of nitrogens with zero attached hydrogens (tertiary/aromatic N) is 5. The first-order valence-corrected chi connectivity index (χ1v) is 13.7. The maximum atomic E-state index is 12.8. The molecule has 202 valence electrons. The van der Waals surface area contributed by atoms with E-state index >= 15 is 0 Å². The molecule has 0 radical (unpaired) electrons. The molecular weight excluding hydrogens is 486 g/mol. The molecule has 2 aliphatic rings. The van der Waals surface area contributed by atoms with Gasteiger partial charge in [-0.3, -0.25) is 14.5 Å². The van der Waals surface area contributed by atoms with Gasteiger partial charge in [0.2, 0.25) is 21.8 Å². The number of rotatable bonds is 10. The molecule has 2 heterocycles. The molecule has 0 aromatic heterocycles. The lowest BCUT2D eigenvalue weighted by atomic mass is 10.2. The Morgan fingerprint density at radius 2 is 1.83 bits per heavy atom. The minimum atomic E-state index is -3.74. The molecular formula is C24H39N5O6S. The van der Waals surface area contributed by atoms with E-state index in [-0.39, 0.29) is 48.3 Å². The normalized spacial score (nSPS) is 19.7. The number of hydrogen-bond donors (Lipinski definition) is 1. The zero-order valence-corrected chi connectivity index (χ0v) is 22.5. The van der Waals surface area contributed by atoms with E-state index in [0.29, 0.717) is 25.2 Å². The van der Waals surface area contributed by atoms with E-state index in [2.05, 4.69) is 16.8 Å². The van der Waals surface area contributed by atoms with E-state index < -0.39 is 10.0 Å². The molecule has 36 heavy (non-hydrogen) atoms. The minimum absolute atomic E-state index is 0.00449. The Morgan fingerprint density at radius 1 is 1.14 bits per heavy atom. The third kappa shape index (κ3) is 7.16. The Kier molecular flexibility index (Phi) is 9.70. The van der Waals surface area contributed by atoms with Crippen LogP contribution in [0.3, 0.4) is 0 Å². The second-order valence-electron chi connectivity index (χ2n) is 9.70. The first-order valence-electron chi connectivity index (χ1n) is 12.3. The lowest BCUT2D eigenvalue weighted by Crippen LogP contribution is -2.49. The van der Waals surface area contributed by atoms with Crippen molar-refractivity contribution < 1.29 is 27.9 Å². The number of carbonyl (C=O) groups is 2. The van der Waals surface area contributed by atoms with Crippen LogP contribution < -0.4 is 0 Å². The summed E-state index contributed by atoms with van der Waals surface area (Å²) >= 11 is 0. The summed E-state index contributed by atoms with van der Waals surface area (Å²) < 4.78 is 32.2. The molecule has 1 N–H and O–H groups in total. The largest absolute Gasteiger partial charge is 0.508 e. The van der Waals surface area contributed by atoms with Gasteiger partial charge >= 0.3 is 0 Å². The van der Waals surface area contributed by atoms with Crippen molar-refractivity contribution in [2.24, 2.45) is 0 Å². The van der Waals surface area contributed by atoms with Crippen LogP contribution in [0.5, 0.6) is 5.75 Å². The molecule has 3 rings (SSSR count). The molecule has 0 bridgehead atoms. The number of benzene rings is 1. The molecule has 1 aromatic carbocycles. The summed E-state index contributed by atoms with van der Waals surface area (Å²) in [5, 5.41) is 9.52. The predicted molar refractivity (Wildman–Crippen MR) is 135 cm³/mol. The van der Waals surface area contributed by atoms with Gasteiger partial charge in [-0.25, -0.2) is 8.42 Å². The number of aryl methyl sites for hydroxylation is 1. The van der Waals surface area contributed by atoms with Gasteiger partial charge in [0.05, 0.1) is 24.1 Å². The Hall–Kier alpha value is -2.25. The maximum absolute atomic E-state index is 12.8. The van der Waals surface area contributed by atoms with Crippen LogP contribution >= 0.6 is 0 Å². The average molecular weight is 526 g/mol. The number of likely N-dealkylation sites (N-methyl/N-ethyl adjacent to an activating group) is 3. The fraction of sp³-hybridized carbons (Fsp3) is 0.667. The number of aromatic hydroxyl groups is 1. The van der Waals surface area contributed by atoms with Gasteiger partial charge in [-0.05, 0) is 44.2 Å². The predicted octanol–water partition coefficient (Wildman–Crippen LogP) is -0.356. The Balaban J connectivity index is 1.39. The molecule has 0 saturated carbocycles. The molecule has 12 heteroatoms. The second-order valence-corrected chi connectivity index (χ2v) is 11.7. The maximum Gasteiger partial charge on any atom is 0.248 e. The van der Waals surface area contributed by atoms with Crippen LogP contribution in [0.2, 0.25) is 0 Å². The summed E-state index contributed by atoms with van der Waals surface area (Å²) in [6, 6.07) is 4.05. The van der Waals surface area contributed by atoms with Crippen molar-refractivity contribution in [3.63, 3.8) is 0 Å². The van der Waals surface area contributed by atoms with Gasteiger partial charge in [0.1, 0.15) is 12.4 Å². The highest BCUT2D eigenvalue weighted by molar-refractivity contribution is 7.89. The number of ether oxygens (including phenoxy) is 1. The molecule has 1 aromatic rings. The van der Waals surface area contributed by atoms with Gasteiger partial charge in [-0.1, -0.05) is 0 Å². The Labute approximate surface area is 214 Å². The number of sulfonamides is 1. The second kappa shape index (κ2) is 12.3. The molecule has 2 saturated heterocycles. The van der Waals surface area contributed by atoms with Gasteiger partial charge in [0.25, 0.3) is 0 Å². The molecule has 0 aliphatic carbocycles. The molecule has 2 fully saturated rings. The molecule has 0 unspecified atom stereocenters. The van der Waals surface area contributed by atoms with Crippen molar-refractivity contribution in [3.05, 3.63) is 23.8 Å². The molecule has 2 aliphatic heterocycles. The molecule has 1 atom stereocenters. The highest BCUT2D eigenvalue weighted by Crippen LogP contribution is 2.22. The van der Waals surface area contributed by atoms with Gasteiger partial charge in [-0.15, -0.1) is 0 Å². The number of phenolic OH excluding ortho intramolecular Hbond substituents is 1. The summed E-state index contributed by atoms with van der Waals surface area (Å²) in [4.78, 5) is 33.3. The first kappa shape index (κ1) is 28.3. The summed E-state index contributed by atoms with van der Waals surface area (Å²) in [6.45, 7) is 6.88. The number of hydrogen-bond acceptors (Lipinski definition) is 8. The number of carbonyl (C=O) groups excluding carboxylic acids is 2. The fourth-order valence-electron chi connectivity index (χ4n) is 4.45. The highest BCUT2D eigenvalue weighted by atomic mass is 32.2. The van der Waals surface area contributed by atoms with Crippen molar-refractivity contribution in [3.8, 4) is 5.75 Å². The minimum Gasteiger partial charge on any atom is -0.508 e. The van der Waals surface area contributed by atoms with Crippen molar-refractivity contribution in [2.75, 3.05) is 86.7 Å². The van der Waals surface area contributed by atoms with E-state index in [1.807, 2.05) is 4.90 Å². The summed E-state index contributed by atoms with van der Waals surface area (Å²) in [5.41, 5.74) is 0.451. The van der Waals surface area contributed by atoms with Gasteiger partial charge in [0, 0.05) is 59.9 Å². The van der Waals surface area contributed by atoms with Crippen LogP contribution in [0.4, 0.5) is 0 Å². The third-order valence-corrected chi connectivity index (χ3v) is 9.05. The third-order valence-electron chi connectivity index (χ3n) is 7.03. The van der Waals surface area contributed by atoms with E-state index in [4.69, 9.17) is 4.74 Å². The summed E-state index contributed by atoms with van der Waals surface area (Å²) in [6.07, 6.45) is 0.726. The van der Waals surface area contributed by atoms with Crippen LogP contribution in [0, 0.1) is 6.92 Å². The zero-order chi connectivity index (χ0) is 26.5. The van der Waals surface area contributed by atoms with Crippen LogP contribution in [0.15, 0.2) is 23.1 Å². The summed E-state index contributed by atoms with van der Waals surface area (Å²) in [5.74, 6) is -0.0923.